The first-order valence-electron chi connectivity index (χ1n) is 13.1. The molecule has 0 atom stereocenters. The number of aliphatic hydroxyl groups excluding tert-OH is 4. The Morgan fingerprint density at radius 3 is 1.57 bits per heavy atom. The Labute approximate surface area is 217 Å². The molecule has 0 saturated heterocycles. The van der Waals surface area contributed by atoms with Crippen molar-refractivity contribution in [2.75, 3.05) is 0 Å². The van der Waals surface area contributed by atoms with Crippen LogP contribution in [0, 0.1) is 0 Å². The molecule has 2 aliphatic carbocycles. The maximum atomic E-state index is 12.0. The molecule has 202 valence electrons. The highest BCUT2D eigenvalue weighted by Gasteiger charge is 2.32. The normalized spacial score (nSPS) is 17.1. The number of unbranched alkanes of at least 4 members (excludes halogenated alkanes) is 10. The van der Waals surface area contributed by atoms with Gasteiger partial charge in [-0.1, -0.05) is 50.7 Å². The number of carbonyl (C=O) groups is 4. The number of hydrogen-bond acceptors (Lipinski definition) is 8. The van der Waals surface area contributed by atoms with E-state index in [4.69, 9.17) is 0 Å². The van der Waals surface area contributed by atoms with Crippen molar-refractivity contribution in [3.8, 4) is 0 Å². The standard InChI is InChI=1S/C29H38O8/c1-19-24(32)28(36)21(29(37)25(19)33)17-15-13-11-9-7-5-3-2-4-6-8-10-12-14-16-20-26(34)22(30)18-23(31)27(20)35/h2-3,18,30,32,35,37H,4-17H2,1H3/b3-2+. The van der Waals surface area contributed by atoms with Crippen molar-refractivity contribution in [3.05, 3.63) is 58.0 Å². The Morgan fingerprint density at radius 1 is 0.568 bits per heavy atom. The molecule has 0 saturated carbocycles. The molecule has 2 aliphatic rings. The highest BCUT2D eigenvalue weighted by molar-refractivity contribution is 6.23. The summed E-state index contributed by atoms with van der Waals surface area (Å²) in [5.41, 5.74) is -0.0856. The largest absolute Gasteiger partial charge is 0.504 e. The molecule has 4 N–H and O–H groups in total. The van der Waals surface area contributed by atoms with Crippen LogP contribution in [0.5, 0.6) is 0 Å². The van der Waals surface area contributed by atoms with Crippen LogP contribution in [0.1, 0.15) is 96.8 Å². The zero-order valence-electron chi connectivity index (χ0n) is 21.6. The molecule has 0 spiro atoms. The molecule has 0 bridgehead atoms. The maximum absolute atomic E-state index is 12.0. The molecule has 2 rings (SSSR count). The SMILES string of the molecule is CC1=C(O)C(=O)C(CCCCCCC/C=C/CCCCCCCC2=C(O)C(=O)C=C(O)C2=O)=C(O)C1=O. The molecule has 37 heavy (non-hydrogen) atoms. The van der Waals surface area contributed by atoms with E-state index in [9.17, 15) is 39.6 Å². The third-order valence-corrected chi connectivity index (χ3v) is 6.74. The summed E-state index contributed by atoms with van der Waals surface area (Å²) in [7, 11) is 0. The van der Waals surface area contributed by atoms with Crippen LogP contribution >= 0.6 is 0 Å². The average molecular weight is 515 g/mol. The summed E-state index contributed by atoms with van der Waals surface area (Å²) in [6.07, 6.45) is 17.1. The Bertz CT molecular complexity index is 1050. The van der Waals surface area contributed by atoms with Crippen LogP contribution in [0.25, 0.3) is 0 Å². The number of allylic oxidation sites excluding steroid dienone is 6. The van der Waals surface area contributed by atoms with E-state index in [1.165, 1.54) is 6.92 Å². The number of Topliss-reactive ketones (excluding diaryl/α,β-unsaturated/α-hetero) is 3. The van der Waals surface area contributed by atoms with Gasteiger partial charge in [0.25, 0.3) is 0 Å². The third-order valence-electron chi connectivity index (χ3n) is 6.74. The van der Waals surface area contributed by atoms with Gasteiger partial charge in [0.15, 0.2) is 23.0 Å². The first-order valence-corrected chi connectivity index (χ1v) is 13.1. The molecule has 0 fully saturated rings. The zero-order valence-corrected chi connectivity index (χ0v) is 21.6. The van der Waals surface area contributed by atoms with Gasteiger partial charge in [0.05, 0.1) is 0 Å². The van der Waals surface area contributed by atoms with Crippen molar-refractivity contribution in [2.45, 2.75) is 96.8 Å². The molecule has 0 unspecified atom stereocenters. The van der Waals surface area contributed by atoms with Gasteiger partial charge in [-0.05, 0) is 58.3 Å². The fourth-order valence-corrected chi connectivity index (χ4v) is 4.40. The lowest BCUT2D eigenvalue weighted by Gasteiger charge is -2.15. The third kappa shape index (κ3) is 8.58. The Kier molecular flexibility index (Phi) is 12.1. The summed E-state index contributed by atoms with van der Waals surface area (Å²) >= 11 is 0. The molecular formula is C29H38O8. The second kappa shape index (κ2) is 15.0. The van der Waals surface area contributed by atoms with Gasteiger partial charge in [0.2, 0.25) is 23.1 Å². The van der Waals surface area contributed by atoms with Crippen molar-refractivity contribution in [2.24, 2.45) is 0 Å². The van der Waals surface area contributed by atoms with E-state index in [0.29, 0.717) is 12.8 Å². The van der Waals surface area contributed by atoms with Crippen LogP contribution < -0.4 is 0 Å². The lowest BCUT2D eigenvalue weighted by Crippen LogP contribution is -2.22. The van der Waals surface area contributed by atoms with E-state index in [0.717, 1.165) is 70.3 Å². The minimum absolute atomic E-state index is 0.00761. The van der Waals surface area contributed by atoms with Crippen molar-refractivity contribution in [3.63, 3.8) is 0 Å². The van der Waals surface area contributed by atoms with E-state index >= 15 is 0 Å². The van der Waals surface area contributed by atoms with Crippen molar-refractivity contribution < 1.29 is 39.6 Å². The predicted octanol–water partition coefficient (Wildman–Crippen LogP) is 6.21. The van der Waals surface area contributed by atoms with E-state index in [1.54, 1.807) is 0 Å². The van der Waals surface area contributed by atoms with Crippen LogP contribution in [-0.2, 0) is 19.2 Å². The molecule has 0 aromatic carbocycles. The molecule has 0 aliphatic heterocycles. The lowest BCUT2D eigenvalue weighted by molar-refractivity contribution is -0.120. The van der Waals surface area contributed by atoms with Crippen LogP contribution in [-0.4, -0.2) is 43.6 Å². The highest BCUT2D eigenvalue weighted by atomic mass is 16.3. The highest BCUT2D eigenvalue weighted by Crippen LogP contribution is 2.26. The second-order valence-corrected chi connectivity index (χ2v) is 9.59. The van der Waals surface area contributed by atoms with Gasteiger partial charge >= 0.3 is 0 Å². The molecule has 0 heterocycles. The van der Waals surface area contributed by atoms with Crippen molar-refractivity contribution in [1.29, 1.82) is 0 Å². The van der Waals surface area contributed by atoms with Gasteiger partial charge in [0, 0.05) is 22.8 Å². The van der Waals surface area contributed by atoms with E-state index < -0.39 is 46.2 Å². The quantitative estimate of drug-likeness (QED) is 0.108. The molecule has 0 aromatic heterocycles. The number of ketones is 4. The summed E-state index contributed by atoms with van der Waals surface area (Å²) in [6, 6.07) is 0. The van der Waals surface area contributed by atoms with E-state index in [-0.39, 0.29) is 29.6 Å². The zero-order chi connectivity index (χ0) is 27.4. The summed E-state index contributed by atoms with van der Waals surface area (Å²) in [4.78, 5) is 47.2. The van der Waals surface area contributed by atoms with Crippen LogP contribution in [0.3, 0.4) is 0 Å². The molecule has 8 nitrogen and oxygen atoms in total. The first-order chi connectivity index (χ1) is 17.7. The van der Waals surface area contributed by atoms with Gasteiger partial charge in [-0.2, -0.15) is 0 Å². The molecule has 8 heteroatoms. The number of hydrogen-bond donors (Lipinski definition) is 4. The fraction of sp³-hybridized carbons (Fsp3) is 0.517. The second-order valence-electron chi connectivity index (χ2n) is 9.59. The van der Waals surface area contributed by atoms with E-state index in [1.807, 2.05) is 0 Å². The lowest BCUT2D eigenvalue weighted by atomic mass is 9.91. The Hall–Kier alpha value is -3.42. The van der Waals surface area contributed by atoms with Crippen LogP contribution in [0.15, 0.2) is 58.0 Å². The molecule has 0 radical (unpaired) electrons. The fourth-order valence-electron chi connectivity index (χ4n) is 4.40. The summed E-state index contributed by atoms with van der Waals surface area (Å²) < 4.78 is 0. The maximum Gasteiger partial charge on any atom is 0.227 e. The smallest absolute Gasteiger partial charge is 0.227 e. The van der Waals surface area contributed by atoms with Crippen LogP contribution in [0.4, 0.5) is 0 Å². The van der Waals surface area contributed by atoms with Gasteiger partial charge < -0.3 is 20.4 Å². The molecular weight excluding hydrogens is 476 g/mol. The number of carbonyl (C=O) groups excluding carboxylic acids is 4. The average Bonchev–Trinajstić information content (AvgIpc) is 2.88. The Morgan fingerprint density at radius 2 is 1.03 bits per heavy atom. The summed E-state index contributed by atoms with van der Waals surface area (Å²) in [5, 5.41) is 38.8. The monoisotopic (exact) mass is 514 g/mol. The van der Waals surface area contributed by atoms with Crippen molar-refractivity contribution in [1.82, 2.24) is 0 Å². The summed E-state index contributed by atoms with van der Waals surface area (Å²) in [5.74, 6) is -4.96. The van der Waals surface area contributed by atoms with Crippen molar-refractivity contribution >= 4 is 23.1 Å². The topological polar surface area (TPSA) is 149 Å². The minimum Gasteiger partial charge on any atom is -0.504 e. The van der Waals surface area contributed by atoms with Gasteiger partial charge in [-0.15, -0.1) is 0 Å². The Balaban J connectivity index is 1.45. The molecule has 0 aromatic rings. The predicted molar refractivity (Wildman–Crippen MR) is 139 cm³/mol. The van der Waals surface area contributed by atoms with E-state index in [2.05, 4.69) is 12.2 Å². The summed E-state index contributed by atoms with van der Waals surface area (Å²) in [6.45, 7) is 1.32. The number of rotatable bonds is 16. The van der Waals surface area contributed by atoms with Gasteiger partial charge in [0.1, 0.15) is 0 Å². The first kappa shape index (κ1) is 29.8. The van der Waals surface area contributed by atoms with Gasteiger partial charge in [-0.25, -0.2) is 0 Å². The van der Waals surface area contributed by atoms with Crippen LogP contribution in [0.2, 0.25) is 0 Å². The number of aliphatic hydroxyl groups is 4. The minimum atomic E-state index is -0.723. The molecule has 0 amide bonds. The van der Waals surface area contributed by atoms with Gasteiger partial charge in [-0.3, -0.25) is 19.2 Å².